The summed E-state index contributed by atoms with van der Waals surface area (Å²) in [7, 11) is 1.23. The normalized spacial score (nSPS) is 11.8. The molecule has 1 unspecified atom stereocenters. The molecule has 0 aromatic heterocycles. The maximum Gasteiger partial charge on any atom is 0.328 e. The molecule has 1 amide bonds. The number of amides is 1. The Kier molecular flexibility index (Phi) is 5.27. The summed E-state index contributed by atoms with van der Waals surface area (Å²) in [5.41, 5.74) is -0.125. The number of halogens is 2. The number of hydrogen-bond donors (Lipinski definition) is 1. The lowest BCUT2D eigenvalue weighted by Gasteiger charge is -2.15. The van der Waals surface area contributed by atoms with Crippen molar-refractivity contribution in [1.29, 1.82) is 0 Å². The van der Waals surface area contributed by atoms with Crippen molar-refractivity contribution in [1.82, 2.24) is 5.32 Å². The highest BCUT2D eigenvalue weighted by molar-refractivity contribution is 9.10. The summed E-state index contributed by atoms with van der Waals surface area (Å²) < 4.78 is 18.4. The van der Waals surface area contributed by atoms with Crippen molar-refractivity contribution in [3.8, 4) is 0 Å². The molecule has 6 heteroatoms. The van der Waals surface area contributed by atoms with Gasteiger partial charge >= 0.3 is 5.97 Å². The van der Waals surface area contributed by atoms with Crippen LogP contribution in [0.3, 0.4) is 0 Å². The van der Waals surface area contributed by atoms with E-state index in [1.165, 1.54) is 19.2 Å². The molecule has 98 valence electrons. The summed E-state index contributed by atoms with van der Waals surface area (Å²) in [6, 6.07) is 3.43. The van der Waals surface area contributed by atoms with Gasteiger partial charge in [-0.15, -0.1) is 0 Å². The van der Waals surface area contributed by atoms with Gasteiger partial charge in [0.15, 0.2) is 0 Å². The van der Waals surface area contributed by atoms with Gasteiger partial charge in [0.2, 0.25) is 0 Å². The number of methoxy groups -OCH3 is 1. The molecular formula is C12H13BrFNO3. The van der Waals surface area contributed by atoms with Crippen molar-refractivity contribution >= 4 is 27.8 Å². The van der Waals surface area contributed by atoms with Crippen molar-refractivity contribution < 1.29 is 18.7 Å². The van der Waals surface area contributed by atoms with Crippen LogP contribution in [0.5, 0.6) is 0 Å². The fourth-order valence-corrected chi connectivity index (χ4v) is 1.94. The van der Waals surface area contributed by atoms with Crippen LogP contribution < -0.4 is 5.32 Å². The zero-order valence-electron chi connectivity index (χ0n) is 10.00. The summed E-state index contributed by atoms with van der Waals surface area (Å²) in [4.78, 5) is 23.2. The third-order valence-electron chi connectivity index (χ3n) is 2.39. The van der Waals surface area contributed by atoms with Gasteiger partial charge in [-0.25, -0.2) is 9.18 Å². The molecule has 1 atom stereocenters. The van der Waals surface area contributed by atoms with Gasteiger partial charge in [0.05, 0.1) is 12.7 Å². The van der Waals surface area contributed by atoms with Gasteiger partial charge in [0.1, 0.15) is 11.9 Å². The highest BCUT2D eigenvalue weighted by Crippen LogP contribution is 2.19. The fourth-order valence-electron chi connectivity index (χ4n) is 1.42. The molecule has 0 spiro atoms. The van der Waals surface area contributed by atoms with E-state index in [1.54, 1.807) is 13.0 Å². The van der Waals surface area contributed by atoms with Crippen LogP contribution in [0.25, 0.3) is 0 Å². The molecule has 4 nitrogen and oxygen atoms in total. The van der Waals surface area contributed by atoms with Crippen LogP contribution in [-0.2, 0) is 9.53 Å². The molecule has 18 heavy (non-hydrogen) atoms. The third-order valence-corrected chi connectivity index (χ3v) is 3.05. The van der Waals surface area contributed by atoms with Crippen LogP contribution in [0.4, 0.5) is 4.39 Å². The lowest BCUT2D eigenvalue weighted by atomic mass is 10.1. The predicted octanol–water partition coefficient (Wildman–Crippen LogP) is 2.27. The number of carbonyl (C=O) groups is 2. The highest BCUT2D eigenvalue weighted by atomic mass is 79.9. The van der Waals surface area contributed by atoms with Gasteiger partial charge in [-0.1, -0.05) is 13.0 Å². The summed E-state index contributed by atoms with van der Waals surface area (Å²) in [6.45, 7) is 1.72. The second kappa shape index (κ2) is 6.49. The van der Waals surface area contributed by atoms with E-state index in [9.17, 15) is 14.0 Å². The Bertz CT molecular complexity index is 444. The first-order chi connectivity index (χ1) is 8.51. The lowest BCUT2D eigenvalue weighted by Crippen LogP contribution is -2.41. The van der Waals surface area contributed by atoms with E-state index in [0.717, 1.165) is 0 Å². The SMILES string of the molecule is CCC(NC(=O)c1c(F)cccc1Br)C(=O)OC. The summed E-state index contributed by atoms with van der Waals surface area (Å²) in [6.07, 6.45) is 0.366. The molecule has 0 saturated carbocycles. The quantitative estimate of drug-likeness (QED) is 0.867. The van der Waals surface area contributed by atoms with Crippen molar-refractivity contribution in [3.05, 3.63) is 34.1 Å². The first-order valence-electron chi connectivity index (χ1n) is 5.34. The average Bonchev–Trinajstić information content (AvgIpc) is 2.34. The van der Waals surface area contributed by atoms with Crippen molar-refractivity contribution in [2.45, 2.75) is 19.4 Å². The Morgan fingerprint density at radius 3 is 2.67 bits per heavy atom. The number of rotatable bonds is 4. The molecule has 0 aliphatic rings. The number of carbonyl (C=O) groups excluding carboxylic acids is 2. The van der Waals surface area contributed by atoms with Crippen LogP contribution >= 0.6 is 15.9 Å². The molecule has 0 heterocycles. The number of esters is 1. The highest BCUT2D eigenvalue weighted by Gasteiger charge is 2.23. The average molecular weight is 318 g/mol. The molecule has 0 bridgehead atoms. The second-order valence-electron chi connectivity index (χ2n) is 3.55. The number of benzene rings is 1. The van der Waals surface area contributed by atoms with Crippen LogP contribution in [0, 0.1) is 5.82 Å². The molecule has 1 rings (SSSR count). The number of ether oxygens (including phenoxy) is 1. The molecule has 1 N–H and O–H groups in total. The van der Waals surface area contributed by atoms with Gasteiger partial charge in [-0.05, 0) is 34.5 Å². The van der Waals surface area contributed by atoms with E-state index in [0.29, 0.717) is 10.9 Å². The minimum absolute atomic E-state index is 0.125. The van der Waals surface area contributed by atoms with Gasteiger partial charge in [0.25, 0.3) is 5.91 Å². The second-order valence-corrected chi connectivity index (χ2v) is 4.41. The molecule has 0 saturated heterocycles. The Labute approximate surface area is 113 Å². The van der Waals surface area contributed by atoms with Crippen molar-refractivity contribution in [2.24, 2.45) is 0 Å². The zero-order valence-corrected chi connectivity index (χ0v) is 11.6. The molecular weight excluding hydrogens is 305 g/mol. The van der Waals surface area contributed by atoms with Gasteiger partial charge in [-0.3, -0.25) is 4.79 Å². The molecule has 0 aliphatic carbocycles. The molecule has 1 aromatic carbocycles. The van der Waals surface area contributed by atoms with Crippen LogP contribution in [0.1, 0.15) is 23.7 Å². The van der Waals surface area contributed by atoms with Gasteiger partial charge < -0.3 is 10.1 Å². The fraction of sp³-hybridized carbons (Fsp3) is 0.333. The molecule has 0 radical (unpaired) electrons. The monoisotopic (exact) mass is 317 g/mol. The first-order valence-corrected chi connectivity index (χ1v) is 6.13. The van der Waals surface area contributed by atoms with Crippen molar-refractivity contribution in [2.75, 3.05) is 7.11 Å². The van der Waals surface area contributed by atoms with Gasteiger partial charge in [-0.2, -0.15) is 0 Å². The number of hydrogen-bond acceptors (Lipinski definition) is 3. The summed E-state index contributed by atoms with van der Waals surface area (Å²) >= 11 is 3.10. The van der Waals surface area contributed by atoms with E-state index in [4.69, 9.17) is 0 Å². The van der Waals surface area contributed by atoms with E-state index >= 15 is 0 Å². The Hall–Kier alpha value is -1.43. The largest absolute Gasteiger partial charge is 0.467 e. The lowest BCUT2D eigenvalue weighted by molar-refractivity contribution is -0.142. The predicted molar refractivity (Wildman–Crippen MR) is 67.7 cm³/mol. The van der Waals surface area contributed by atoms with E-state index < -0.39 is 23.7 Å². The molecule has 0 fully saturated rings. The Morgan fingerprint density at radius 2 is 2.17 bits per heavy atom. The van der Waals surface area contributed by atoms with E-state index in [-0.39, 0.29) is 5.56 Å². The first kappa shape index (κ1) is 14.6. The molecule has 1 aromatic rings. The topological polar surface area (TPSA) is 55.4 Å². The smallest absolute Gasteiger partial charge is 0.328 e. The third kappa shape index (κ3) is 3.29. The standard InChI is InChI=1S/C12H13BrFNO3/c1-3-9(12(17)18-2)15-11(16)10-7(13)5-4-6-8(10)14/h4-6,9H,3H2,1-2H3,(H,15,16). The zero-order chi connectivity index (χ0) is 13.7. The van der Waals surface area contributed by atoms with E-state index in [1.807, 2.05) is 0 Å². The van der Waals surface area contributed by atoms with Gasteiger partial charge in [0, 0.05) is 4.47 Å². The summed E-state index contributed by atoms with van der Waals surface area (Å²) in [5.74, 6) is -1.86. The molecule has 0 aliphatic heterocycles. The van der Waals surface area contributed by atoms with E-state index in [2.05, 4.69) is 26.0 Å². The minimum Gasteiger partial charge on any atom is -0.467 e. The summed E-state index contributed by atoms with van der Waals surface area (Å²) in [5, 5.41) is 2.43. The Morgan fingerprint density at radius 1 is 1.50 bits per heavy atom. The minimum atomic E-state index is -0.783. The van der Waals surface area contributed by atoms with Crippen LogP contribution in [0.2, 0.25) is 0 Å². The Balaban J connectivity index is 2.91. The number of nitrogens with one attached hydrogen (secondary N) is 1. The van der Waals surface area contributed by atoms with Crippen molar-refractivity contribution in [3.63, 3.8) is 0 Å². The maximum atomic E-state index is 13.5. The van der Waals surface area contributed by atoms with Crippen LogP contribution in [-0.4, -0.2) is 25.0 Å². The van der Waals surface area contributed by atoms with Crippen LogP contribution in [0.15, 0.2) is 22.7 Å². The maximum absolute atomic E-state index is 13.5.